The van der Waals surface area contributed by atoms with E-state index in [4.69, 9.17) is 14.3 Å². The summed E-state index contributed by atoms with van der Waals surface area (Å²) in [6, 6.07) is 1.62. The molecule has 1 aliphatic heterocycles. The fourth-order valence-electron chi connectivity index (χ4n) is 2.60. The minimum absolute atomic E-state index is 0.240. The number of aromatic carboxylic acids is 1. The third-order valence-corrected chi connectivity index (χ3v) is 3.85. The molecule has 1 saturated heterocycles. The Morgan fingerprint density at radius 3 is 2.95 bits per heavy atom. The van der Waals surface area contributed by atoms with E-state index >= 15 is 0 Å². The summed E-state index contributed by atoms with van der Waals surface area (Å²) in [5.74, 6) is 0.805. The molecule has 106 valence electrons. The van der Waals surface area contributed by atoms with Gasteiger partial charge in [-0.25, -0.2) is 4.79 Å². The van der Waals surface area contributed by atoms with E-state index < -0.39 is 5.97 Å². The predicted octanol–water partition coefficient (Wildman–Crippen LogP) is 2.14. The number of ether oxygens (including phenoxy) is 1. The zero-order valence-electron chi connectivity index (χ0n) is 11.7. The molecule has 0 saturated carbocycles. The molecule has 2 atom stereocenters. The lowest BCUT2D eigenvalue weighted by molar-refractivity contribution is -0.00922. The molecule has 2 heterocycles. The van der Waals surface area contributed by atoms with Crippen LogP contribution >= 0.6 is 0 Å². The Labute approximate surface area is 113 Å². The number of aryl methyl sites for hydroxylation is 1. The minimum Gasteiger partial charge on any atom is -0.478 e. The van der Waals surface area contributed by atoms with Crippen LogP contribution in [-0.4, -0.2) is 42.3 Å². The first kappa shape index (κ1) is 14.1. The largest absolute Gasteiger partial charge is 0.478 e. The minimum atomic E-state index is -0.936. The molecule has 0 aliphatic carbocycles. The van der Waals surface area contributed by atoms with E-state index in [1.165, 1.54) is 0 Å². The van der Waals surface area contributed by atoms with Gasteiger partial charge in [0.1, 0.15) is 17.1 Å². The average molecular weight is 267 g/mol. The van der Waals surface area contributed by atoms with E-state index in [2.05, 4.69) is 11.8 Å². The monoisotopic (exact) mass is 267 g/mol. The van der Waals surface area contributed by atoms with Gasteiger partial charge in [-0.3, -0.25) is 4.90 Å². The summed E-state index contributed by atoms with van der Waals surface area (Å²) in [4.78, 5) is 13.2. The van der Waals surface area contributed by atoms with Gasteiger partial charge in [0.15, 0.2) is 0 Å². The topological polar surface area (TPSA) is 62.9 Å². The summed E-state index contributed by atoms with van der Waals surface area (Å²) < 4.78 is 11.0. The van der Waals surface area contributed by atoms with Crippen LogP contribution in [-0.2, 0) is 11.3 Å². The normalized spacial score (nSPS) is 24.6. The molecule has 5 heteroatoms. The van der Waals surface area contributed by atoms with Crippen molar-refractivity contribution in [2.24, 2.45) is 5.92 Å². The SMILES string of the molecule is COC1CN(Cc2cc(C(=O)O)c(C)o2)CCC1C. The number of hydrogen-bond donors (Lipinski definition) is 1. The lowest BCUT2D eigenvalue weighted by Gasteiger charge is -2.35. The number of furan rings is 1. The number of hydrogen-bond acceptors (Lipinski definition) is 4. The van der Waals surface area contributed by atoms with Gasteiger partial charge in [0.2, 0.25) is 0 Å². The van der Waals surface area contributed by atoms with Crippen molar-refractivity contribution in [3.63, 3.8) is 0 Å². The molecule has 1 aliphatic rings. The first-order valence-corrected chi connectivity index (χ1v) is 6.59. The first-order chi connectivity index (χ1) is 9.01. The number of likely N-dealkylation sites (tertiary alicyclic amines) is 1. The number of carboxylic acid groups (broad SMARTS) is 1. The van der Waals surface area contributed by atoms with E-state index in [-0.39, 0.29) is 11.7 Å². The number of carboxylic acids is 1. The van der Waals surface area contributed by atoms with Crippen LogP contribution in [0.4, 0.5) is 0 Å². The van der Waals surface area contributed by atoms with Crippen LogP contribution in [0.3, 0.4) is 0 Å². The van der Waals surface area contributed by atoms with Gasteiger partial charge in [-0.1, -0.05) is 6.92 Å². The fourth-order valence-corrected chi connectivity index (χ4v) is 2.60. The summed E-state index contributed by atoms with van der Waals surface area (Å²) in [7, 11) is 1.74. The summed E-state index contributed by atoms with van der Waals surface area (Å²) in [6.07, 6.45) is 1.33. The van der Waals surface area contributed by atoms with Crippen molar-refractivity contribution in [2.75, 3.05) is 20.2 Å². The van der Waals surface area contributed by atoms with Crippen molar-refractivity contribution >= 4 is 5.97 Å². The Balaban J connectivity index is 2.01. The van der Waals surface area contributed by atoms with Gasteiger partial charge in [-0.15, -0.1) is 0 Å². The van der Waals surface area contributed by atoms with E-state index in [9.17, 15) is 4.79 Å². The number of rotatable bonds is 4. The Hall–Kier alpha value is -1.33. The van der Waals surface area contributed by atoms with Crippen molar-refractivity contribution in [1.29, 1.82) is 0 Å². The van der Waals surface area contributed by atoms with Crippen LogP contribution in [0.2, 0.25) is 0 Å². The number of carbonyl (C=O) groups is 1. The van der Waals surface area contributed by atoms with E-state index in [1.54, 1.807) is 20.1 Å². The van der Waals surface area contributed by atoms with Gasteiger partial charge >= 0.3 is 5.97 Å². The van der Waals surface area contributed by atoms with Crippen molar-refractivity contribution in [3.05, 3.63) is 23.2 Å². The highest BCUT2D eigenvalue weighted by atomic mass is 16.5. The van der Waals surface area contributed by atoms with Gasteiger partial charge in [0.05, 0.1) is 12.6 Å². The van der Waals surface area contributed by atoms with Crippen LogP contribution in [0.15, 0.2) is 10.5 Å². The second kappa shape index (κ2) is 5.75. The van der Waals surface area contributed by atoms with E-state index in [1.807, 2.05) is 0 Å². The highest BCUT2D eigenvalue weighted by Gasteiger charge is 2.26. The van der Waals surface area contributed by atoms with Crippen LogP contribution < -0.4 is 0 Å². The second-order valence-electron chi connectivity index (χ2n) is 5.26. The van der Waals surface area contributed by atoms with Gasteiger partial charge in [0, 0.05) is 13.7 Å². The van der Waals surface area contributed by atoms with Gasteiger partial charge in [0.25, 0.3) is 0 Å². The first-order valence-electron chi connectivity index (χ1n) is 6.59. The number of methoxy groups -OCH3 is 1. The van der Waals surface area contributed by atoms with Crippen LogP contribution in [0, 0.1) is 12.8 Å². The molecule has 0 amide bonds. The predicted molar refractivity (Wildman–Crippen MR) is 70.3 cm³/mol. The molecule has 1 fully saturated rings. The number of nitrogens with zero attached hydrogens (tertiary/aromatic N) is 1. The van der Waals surface area contributed by atoms with Gasteiger partial charge in [-0.05, 0) is 31.9 Å². The highest BCUT2D eigenvalue weighted by Crippen LogP contribution is 2.22. The smallest absolute Gasteiger partial charge is 0.339 e. The number of piperidine rings is 1. The molecule has 0 aromatic carbocycles. The highest BCUT2D eigenvalue weighted by molar-refractivity contribution is 5.88. The second-order valence-corrected chi connectivity index (χ2v) is 5.26. The molecule has 0 spiro atoms. The van der Waals surface area contributed by atoms with E-state index in [0.717, 1.165) is 19.5 Å². The summed E-state index contributed by atoms with van der Waals surface area (Å²) in [5.41, 5.74) is 0.253. The Morgan fingerprint density at radius 2 is 2.37 bits per heavy atom. The molecule has 0 bridgehead atoms. The Kier molecular flexibility index (Phi) is 4.27. The molecule has 5 nitrogen and oxygen atoms in total. The molecule has 1 N–H and O–H groups in total. The Morgan fingerprint density at radius 1 is 1.63 bits per heavy atom. The van der Waals surface area contributed by atoms with Gasteiger partial charge in [-0.2, -0.15) is 0 Å². The molecular formula is C14H21NO4. The average Bonchev–Trinajstić information content (AvgIpc) is 2.73. The third-order valence-electron chi connectivity index (χ3n) is 3.85. The molecule has 1 aromatic heterocycles. The molecule has 2 unspecified atom stereocenters. The van der Waals surface area contributed by atoms with Crippen molar-refractivity contribution in [3.8, 4) is 0 Å². The van der Waals surface area contributed by atoms with Crippen molar-refractivity contribution in [1.82, 2.24) is 4.90 Å². The van der Waals surface area contributed by atoms with Gasteiger partial charge < -0.3 is 14.3 Å². The molecular weight excluding hydrogens is 246 g/mol. The standard InChI is InChI=1S/C14H21NO4/c1-9-4-5-15(8-13(9)18-3)7-11-6-12(14(16)17)10(2)19-11/h6,9,13H,4-5,7-8H2,1-3H3,(H,16,17). The van der Waals surface area contributed by atoms with Crippen molar-refractivity contribution in [2.45, 2.75) is 32.9 Å². The molecule has 0 radical (unpaired) electrons. The maximum atomic E-state index is 11.0. The van der Waals surface area contributed by atoms with Crippen LogP contribution in [0.5, 0.6) is 0 Å². The lowest BCUT2D eigenvalue weighted by atomic mass is 9.96. The van der Waals surface area contributed by atoms with Crippen molar-refractivity contribution < 1.29 is 19.1 Å². The zero-order valence-corrected chi connectivity index (χ0v) is 11.7. The summed E-state index contributed by atoms with van der Waals surface area (Å²) in [5, 5.41) is 9.01. The van der Waals surface area contributed by atoms with Crippen LogP contribution in [0.1, 0.15) is 35.2 Å². The Bertz CT molecular complexity index is 454. The molecule has 19 heavy (non-hydrogen) atoms. The van der Waals surface area contributed by atoms with Crippen LogP contribution in [0.25, 0.3) is 0 Å². The molecule has 2 rings (SSSR count). The quantitative estimate of drug-likeness (QED) is 0.905. The maximum Gasteiger partial charge on any atom is 0.339 e. The summed E-state index contributed by atoms with van der Waals surface area (Å²) >= 11 is 0. The fraction of sp³-hybridized carbons (Fsp3) is 0.643. The summed E-state index contributed by atoms with van der Waals surface area (Å²) in [6.45, 7) is 6.37. The third kappa shape index (κ3) is 3.16. The maximum absolute atomic E-state index is 11.0. The lowest BCUT2D eigenvalue weighted by Crippen LogP contribution is -2.43. The molecule has 1 aromatic rings. The zero-order chi connectivity index (χ0) is 14.0. The van der Waals surface area contributed by atoms with E-state index in [0.29, 0.717) is 24.0 Å².